The molecule has 0 saturated heterocycles. The molecule has 1 rings (SSSR count). The maximum Gasteiger partial charge on any atom is 0.309 e. The molecule has 0 radical (unpaired) electrons. The van der Waals surface area contributed by atoms with Crippen molar-refractivity contribution in [2.24, 2.45) is 5.41 Å². The van der Waals surface area contributed by atoms with Gasteiger partial charge >= 0.3 is 5.97 Å². The van der Waals surface area contributed by atoms with Crippen LogP contribution in [-0.2, 0) is 9.63 Å². The molecular formula is C9H15NO5. The minimum Gasteiger partial charge on any atom is -0.481 e. The molecule has 0 aromatic carbocycles. The van der Waals surface area contributed by atoms with Crippen LogP contribution in [0.15, 0.2) is 0 Å². The zero-order chi connectivity index (χ0) is 11.5. The Morgan fingerprint density at radius 3 is 2.87 bits per heavy atom. The standard InChI is InChI=1S/C9H15NO5/c1-2-9(8(11)12)5-3-4-7(6-9)15-10(13)14/h7H,2-6H2,1H3,(H,11,12). The first-order valence-corrected chi connectivity index (χ1v) is 5.05. The quantitative estimate of drug-likeness (QED) is 0.570. The lowest BCUT2D eigenvalue weighted by Gasteiger charge is -2.35. The first-order chi connectivity index (χ1) is 7.00. The van der Waals surface area contributed by atoms with Crippen molar-refractivity contribution in [2.75, 3.05) is 0 Å². The first kappa shape index (κ1) is 11.7. The molecule has 2 unspecified atom stereocenters. The highest BCUT2D eigenvalue weighted by Gasteiger charge is 2.42. The van der Waals surface area contributed by atoms with Gasteiger partial charge in [0, 0.05) is 0 Å². The van der Waals surface area contributed by atoms with Crippen molar-refractivity contribution in [1.29, 1.82) is 0 Å². The number of carbonyl (C=O) groups is 1. The summed E-state index contributed by atoms with van der Waals surface area (Å²) in [5, 5.41) is 18.5. The second-order valence-electron chi connectivity index (χ2n) is 3.99. The number of hydrogen-bond donors (Lipinski definition) is 1. The predicted octanol–water partition coefficient (Wildman–Crippen LogP) is 1.62. The fraction of sp³-hybridized carbons (Fsp3) is 0.889. The molecule has 1 fully saturated rings. The highest BCUT2D eigenvalue weighted by molar-refractivity contribution is 5.74. The van der Waals surface area contributed by atoms with Gasteiger partial charge in [-0.3, -0.25) is 4.79 Å². The van der Waals surface area contributed by atoms with E-state index in [1.165, 1.54) is 0 Å². The van der Waals surface area contributed by atoms with Crippen LogP contribution in [0, 0.1) is 15.5 Å². The van der Waals surface area contributed by atoms with Gasteiger partial charge < -0.3 is 9.94 Å². The second-order valence-corrected chi connectivity index (χ2v) is 3.99. The lowest BCUT2D eigenvalue weighted by Crippen LogP contribution is -2.39. The van der Waals surface area contributed by atoms with Crippen molar-refractivity contribution in [1.82, 2.24) is 0 Å². The third-order valence-corrected chi connectivity index (χ3v) is 3.17. The van der Waals surface area contributed by atoms with Crippen LogP contribution >= 0.6 is 0 Å². The van der Waals surface area contributed by atoms with Crippen LogP contribution in [0.3, 0.4) is 0 Å². The first-order valence-electron chi connectivity index (χ1n) is 5.05. The summed E-state index contributed by atoms with van der Waals surface area (Å²) in [7, 11) is 0. The van der Waals surface area contributed by atoms with E-state index in [2.05, 4.69) is 4.84 Å². The molecule has 1 saturated carbocycles. The molecule has 6 heteroatoms. The molecule has 1 aliphatic carbocycles. The number of carboxylic acid groups (broad SMARTS) is 1. The topological polar surface area (TPSA) is 89.7 Å². The van der Waals surface area contributed by atoms with Gasteiger partial charge in [-0.25, -0.2) is 0 Å². The Hall–Kier alpha value is -1.33. The number of hydrogen-bond acceptors (Lipinski definition) is 4. The van der Waals surface area contributed by atoms with Crippen LogP contribution < -0.4 is 0 Å². The van der Waals surface area contributed by atoms with E-state index in [0.717, 1.165) is 0 Å². The van der Waals surface area contributed by atoms with Crippen LogP contribution in [-0.4, -0.2) is 22.3 Å². The van der Waals surface area contributed by atoms with Crippen molar-refractivity contribution >= 4 is 5.97 Å². The Kier molecular flexibility index (Phi) is 3.49. The Bertz CT molecular complexity index is 267. The number of nitrogens with zero attached hydrogens (tertiary/aromatic N) is 1. The molecule has 6 nitrogen and oxygen atoms in total. The summed E-state index contributed by atoms with van der Waals surface area (Å²) in [5.41, 5.74) is -0.834. The molecule has 0 bridgehead atoms. The number of carboxylic acids is 1. The Labute approximate surface area is 87.3 Å². The van der Waals surface area contributed by atoms with E-state index in [0.29, 0.717) is 25.7 Å². The smallest absolute Gasteiger partial charge is 0.309 e. The van der Waals surface area contributed by atoms with Gasteiger partial charge in [0.05, 0.1) is 5.41 Å². The number of aliphatic carboxylic acids is 1. The van der Waals surface area contributed by atoms with E-state index in [1.807, 2.05) is 0 Å². The summed E-state index contributed by atoms with van der Waals surface area (Å²) in [6.07, 6.45) is 1.97. The average Bonchev–Trinajstić information content (AvgIpc) is 2.16. The molecule has 0 amide bonds. The van der Waals surface area contributed by atoms with Gasteiger partial charge in [0.2, 0.25) is 0 Å². The lowest BCUT2D eigenvalue weighted by atomic mass is 9.71. The molecule has 1 N–H and O–H groups in total. The minimum atomic E-state index is -0.873. The molecule has 2 atom stereocenters. The van der Waals surface area contributed by atoms with E-state index in [-0.39, 0.29) is 6.42 Å². The molecule has 86 valence electrons. The fourth-order valence-electron chi connectivity index (χ4n) is 2.19. The van der Waals surface area contributed by atoms with Gasteiger partial charge in [0.1, 0.15) is 6.10 Å². The van der Waals surface area contributed by atoms with Crippen LogP contribution in [0.1, 0.15) is 39.0 Å². The van der Waals surface area contributed by atoms with E-state index in [4.69, 9.17) is 5.11 Å². The average molecular weight is 217 g/mol. The van der Waals surface area contributed by atoms with Gasteiger partial charge in [-0.2, -0.15) is 0 Å². The summed E-state index contributed by atoms with van der Waals surface area (Å²) in [6.45, 7) is 1.79. The van der Waals surface area contributed by atoms with E-state index < -0.39 is 22.6 Å². The Morgan fingerprint density at radius 2 is 2.40 bits per heavy atom. The third-order valence-electron chi connectivity index (χ3n) is 3.17. The van der Waals surface area contributed by atoms with Gasteiger partial charge in [0.15, 0.2) is 0 Å². The van der Waals surface area contributed by atoms with Crippen LogP contribution in [0.2, 0.25) is 0 Å². The Morgan fingerprint density at radius 1 is 1.73 bits per heavy atom. The van der Waals surface area contributed by atoms with Gasteiger partial charge in [-0.1, -0.05) is 13.3 Å². The molecule has 0 heterocycles. The molecular weight excluding hydrogens is 202 g/mol. The summed E-state index contributed by atoms with van der Waals surface area (Å²) >= 11 is 0. The van der Waals surface area contributed by atoms with Crippen LogP contribution in [0.4, 0.5) is 0 Å². The molecule has 0 aromatic rings. The van der Waals surface area contributed by atoms with Crippen molar-refractivity contribution in [3.63, 3.8) is 0 Å². The minimum absolute atomic E-state index is 0.236. The van der Waals surface area contributed by atoms with E-state index >= 15 is 0 Å². The van der Waals surface area contributed by atoms with E-state index in [1.54, 1.807) is 6.92 Å². The largest absolute Gasteiger partial charge is 0.481 e. The molecule has 15 heavy (non-hydrogen) atoms. The van der Waals surface area contributed by atoms with Crippen molar-refractivity contribution in [2.45, 2.75) is 45.1 Å². The van der Waals surface area contributed by atoms with E-state index in [9.17, 15) is 14.9 Å². The van der Waals surface area contributed by atoms with Crippen LogP contribution in [0.25, 0.3) is 0 Å². The summed E-state index contributed by atoms with van der Waals surface area (Å²) < 4.78 is 0. The summed E-state index contributed by atoms with van der Waals surface area (Å²) in [4.78, 5) is 25.7. The zero-order valence-corrected chi connectivity index (χ0v) is 8.64. The maximum atomic E-state index is 11.1. The highest BCUT2D eigenvalue weighted by atomic mass is 17.0. The zero-order valence-electron chi connectivity index (χ0n) is 8.64. The lowest BCUT2D eigenvalue weighted by molar-refractivity contribution is -0.769. The highest BCUT2D eigenvalue weighted by Crippen LogP contribution is 2.40. The summed E-state index contributed by atoms with van der Waals surface area (Å²) in [6, 6.07) is 0. The number of rotatable bonds is 4. The molecule has 0 aliphatic heterocycles. The van der Waals surface area contributed by atoms with Gasteiger partial charge in [-0.05, 0) is 25.7 Å². The molecule has 1 aliphatic rings. The SMILES string of the molecule is CCC1(C(=O)O)CCCC(O[N+](=O)[O-])C1. The maximum absolute atomic E-state index is 11.1. The monoisotopic (exact) mass is 217 g/mol. The predicted molar refractivity (Wildman–Crippen MR) is 50.7 cm³/mol. The summed E-state index contributed by atoms with van der Waals surface area (Å²) in [5.74, 6) is -0.873. The third kappa shape index (κ3) is 2.57. The van der Waals surface area contributed by atoms with Gasteiger partial charge in [0.25, 0.3) is 5.09 Å². The molecule has 0 spiro atoms. The fourth-order valence-corrected chi connectivity index (χ4v) is 2.19. The van der Waals surface area contributed by atoms with Gasteiger partial charge in [-0.15, -0.1) is 10.1 Å². The second kappa shape index (κ2) is 4.46. The normalized spacial score (nSPS) is 30.9. The van der Waals surface area contributed by atoms with Crippen molar-refractivity contribution < 1.29 is 19.8 Å². The van der Waals surface area contributed by atoms with Crippen molar-refractivity contribution in [3.05, 3.63) is 10.1 Å². The van der Waals surface area contributed by atoms with Crippen molar-refractivity contribution in [3.8, 4) is 0 Å². The Balaban J connectivity index is 2.68. The van der Waals surface area contributed by atoms with Crippen LogP contribution in [0.5, 0.6) is 0 Å². The molecule has 0 aromatic heterocycles.